The predicted octanol–water partition coefficient (Wildman–Crippen LogP) is 1.30. The number of hydrogen-bond donors (Lipinski definition) is 0. The van der Waals surface area contributed by atoms with E-state index in [4.69, 9.17) is 4.74 Å². The Bertz CT molecular complexity index is 603. The van der Waals surface area contributed by atoms with Crippen LogP contribution in [0.3, 0.4) is 0 Å². The van der Waals surface area contributed by atoms with Crippen molar-refractivity contribution in [2.24, 2.45) is 0 Å². The van der Waals surface area contributed by atoms with Gasteiger partial charge in [0, 0.05) is 25.7 Å². The van der Waals surface area contributed by atoms with Crippen molar-refractivity contribution < 1.29 is 13.2 Å². The number of sulfonamides is 1. The summed E-state index contributed by atoms with van der Waals surface area (Å²) < 4.78 is 32.0. The first-order valence-corrected chi connectivity index (χ1v) is 9.04. The zero-order valence-corrected chi connectivity index (χ0v) is 13.2. The second-order valence-electron chi connectivity index (χ2n) is 5.80. The Morgan fingerprint density at radius 3 is 2.95 bits per heavy atom. The molecule has 6 heteroatoms. The number of methoxy groups -OCH3 is 1. The first-order valence-electron chi connectivity index (χ1n) is 7.43. The number of piperazine rings is 1. The first-order chi connectivity index (χ1) is 10.1. The number of benzene rings is 1. The smallest absolute Gasteiger partial charge is 0.218 e. The molecule has 0 spiro atoms. The molecule has 0 N–H and O–H groups in total. The number of rotatable bonds is 4. The third-order valence-electron chi connectivity index (χ3n) is 4.43. The molecule has 0 amide bonds. The lowest BCUT2D eigenvalue weighted by Gasteiger charge is -2.36. The lowest BCUT2D eigenvalue weighted by molar-refractivity contribution is 0.158. The standard InChI is InChI=1S/C15H22N2O3S/c1-20-15-6-2-4-13(10-15)12-21(18,19)17-9-8-16-7-3-5-14(16)11-17/h2,4,6,10,14H,3,5,7-9,11-12H2,1H3/t14-/m0/s1. The molecule has 1 atom stereocenters. The van der Waals surface area contributed by atoms with Crippen LogP contribution in [0, 0.1) is 0 Å². The van der Waals surface area contributed by atoms with Crippen molar-refractivity contribution in [1.82, 2.24) is 9.21 Å². The fraction of sp³-hybridized carbons (Fsp3) is 0.600. The number of hydrogen-bond acceptors (Lipinski definition) is 4. The number of fused-ring (bicyclic) bond motifs is 1. The van der Waals surface area contributed by atoms with Gasteiger partial charge in [-0.05, 0) is 37.1 Å². The van der Waals surface area contributed by atoms with E-state index in [0.29, 0.717) is 24.9 Å². The Kier molecular flexibility index (Phi) is 4.19. The second kappa shape index (κ2) is 5.94. The van der Waals surface area contributed by atoms with Crippen LogP contribution in [0.15, 0.2) is 24.3 Å². The highest BCUT2D eigenvalue weighted by Gasteiger charge is 2.35. The van der Waals surface area contributed by atoms with Crippen LogP contribution in [0.25, 0.3) is 0 Å². The van der Waals surface area contributed by atoms with E-state index in [1.54, 1.807) is 17.5 Å². The number of ether oxygens (including phenoxy) is 1. The summed E-state index contributed by atoms with van der Waals surface area (Å²) in [6.07, 6.45) is 2.31. The topological polar surface area (TPSA) is 49.9 Å². The quantitative estimate of drug-likeness (QED) is 0.841. The van der Waals surface area contributed by atoms with E-state index in [1.807, 2.05) is 18.2 Å². The fourth-order valence-corrected chi connectivity index (χ4v) is 4.82. The van der Waals surface area contributed by atoms with E-state index >= 15 is 0 Å². The van der Waals surface area contributed by atoms with Crippen LogP contribution in [-0.4, -0.2) is 57.0 Å². The van der Waals surface area contributed by atoms with Crippen LogP contribution in [0.5, 0.6) is 5.75 Å². The van der Waals surface area contributed by atoms with Gasteiger partial charge >= 0.3 is 0 Å². The van der Waals surface area contributed by atoms with Gasteiger partial charge in [0.25, 0.3) is 0 Å². The van der Waals surface area contributed by atoms with E-state index in [0.717, 1.165) is 25.1 Å². The van der Waals surface area contributed by atoms with Crippen molar-refractivity contribution in [3.63, 3.8) is 0 Å². The molecule has 1 aromatic carbocycles. The lowest BCUT2D eigenvalue weighted by atomic mass is 10.2. The highest BCUT2D eigenvalue weighted by molar-refractivity contribution is 7.88. The first kappa shape index (κ1) is 14.8. The molecule has 0 bridgehead atoms. The highest BCUT2D eigenvalue weighted by atomic mass is 32.2. The molecule has 0 radical (unpaired) electrons. The molecule has 1 aromatic rings. The van der Waals surface area contributed by atoms with Gasteiger partial charge in [-0.3, -0.25) is 4.90 Å². The summed E-state index contributed by atoms with van der Waals surface area (Å²) in [7, 11) is -1.66. The van der Waals surface area contributed by atoms with Crippen LogP contribution in [0.4, 0.5) is 0 Å². The summed E-state index contributed by atoms with van der Waals surface area (Å²) in [6.45, 7) is 3.24. The van der Waals surface area contributed by atoms with Crippen LogP contribution in [0.2, 0.25) is 0 Å². The normalized spacial score (nSPS) is 24.0. The van der Waals surface area contributed by atoms with Crippen molar-refractivity contribution >= 4 is 10.0 Å². The van der Waals surface area contributed by atoms with E-state index in [2.05, 4.69) is 4.90 Å². The van der Waals surface area contributed by atoms with Gasteiger partial charge in [-0.2, -0.15) is 4.31 Å². The molecule has 3 rings (SSSR count). The van der Waals surface area contributed by atoms with Gasteiger partial charge in [0.2, 0.25) is 10.0 Å². The molecular weight excluding hydrogens is 288 g/mol. The van der Waals surface area contributed by atoms with E-state index in [-0.39, 0.29) is 5.75 Å². The minimum absolute atomic E-state index is 0.0525. The Hall–Kier alpha value is -1.11. The molecule has 5 nitrogen and oxygen atoms in total. The molecule has 2 aliphatic rings. The van der Waals surface area contributed by atoms with E-state index in [9.17, 15) is 8.42 Å². The zero-order valence-electron chi connectivity index (χ0n) is 12.4. The van der Waals surface area contributed by atoms with Gasteiger partial charge in [-0.1, -0.05) is 12.1 Å². The monoisotopic (exact) mass is 310 g/mol. The molecule has 2 fully saturated rings. The van der Waals surface area contributed by atoms with Crippen molar-refractivity contribution in [2.75, 3.05) is 33.3 Å². The predicted molar refractivity (Wildman–Crippen MR) is 81.8 cm³/mol. The Morgan fingerprint density at radius 1 is 1.29 bits per heavy atom. The maximum absolute atomic E-state index is 12.6. The average molecular weight is 310 g/mol. The third kappa shape index (κ3) is 3.22. The summed E-state index contributed by atoms with van der Waals surface area (Å²) in [4.78, 5) is 2.41. The zero-order chi connectivity index (χ0) is 14.9. The summed E-state index contributed by atoms with van der Waals surface area (Å²) in [6, 6.07) is 7.71. The molecule has 0 unspecified atom stereocenters. The maximum Gasteiger partial charge on any atom is 0.218 e. The number of nitrogens with zero attached hydrogens (tertiary/aromatic N) is 2. The lowest BCUT2D eigenvalue weighted by Crippen LogP contribution is -2.52. The van der Waals surface area contributed by atoms with Crippen LogP contribution < -0.4 is 4.74 Å². The Balaban J connectivity index is 1.71. The minimum Gasteiger partial charge on any atom is -0.497 e. The molecule has 0 saturated carbocycles. The maximum atomic E-state index is 12.6. The van der Waals surface area contributed by atoms with Crippen LogP contribution >= 0.6 is 0 Å². The van der Waals surface area contributed by atoms with Crippen LogP contribution in [-0.2, 0) is 15.8 Å². The van der Waals surface area contributed by atoms with Crippen molar-refractivity contribution in [1.29, 1.82) is 0 Å². The summed E-state index contributed by atoms with van der Waals surface area (Å²) in [5.41, 5.74) is 0.781. The van der Waals surface area contributed by atoms with Gasteiger partial charge in [-0.15, -0.1) is 0 Å². The van der Waals surface area contributed by atoms with Crippen molar-refractivity contribution in [3.05, 3.63) is 29.8 Å². The van der Waals surface area contributed by atoms with Gasteiger partial charge in [-0.25, -0.2) is 8.42 Å². The second-order valence-corrected chi connectivity index (χ2v) is 7.77. The fourth-order valence-electron chi connectivity index (χ4n) is 3.28. The van der Waals surface area contributed by atoms with E-state index in [1.165, 1.54) is 6.42 Å². The average Bonchev–Trinajstić information content (AvgIpc) is 2.94. The van der Waals surface area contributed by atoms with Crippen molar-refractivity contribution in [3.8, 4) is 5.75 Å². The summed E-state index contributed by atoms with van der Waals surface area (Å²) in [5.74, 6) is 0.750. The summed E-state index contributed by atoms with van der Waals surface area (Å²) >= 11 is 0. The molecular formula is C15H22N2O3S. The SMILES string of the molecule is COc1cccc(CS(=O)(=O)N2CCN3CCC[C@H]3C2)c1. The largest absolute Gasteiger partial charge is 0.497 e. The molecule has 116 valence electrons. The minimum atomic E-state index is -3.25. The highest BCUT2D eigenvalue weighted by Crippen LogP contribution is 2.24. The van der Waals surface area contributed by atoms with Crippen LogP contribution in [0.1, 0.15) is 18.4 Å². The molecule has 21 heavy (non-hydrogen) atoms. The third-order valence-corrected chi connectivity index (χ3v) is 6.24. The van der Waals surface area contributed by atoms with Gasteiger partial charge in [0.1, 0.15) is 5.75 Å². The summed E-state index contributed by atoms with van der Waals surface area (Å²) in [5, 5.41) is 0. The van der Waals surface area contributed by atoms with E-state index < -0.39 is 10.0 Å². The van der Waals surface area contributed by atoms with Gasteiger partial charge in [0.15, 0.2) is 0 Å². The molecule has 2 saturated heterocycles. The molecule has 0 aliphatic carbocycles. The Labute approximate surface area is 126 Å². The Morgan fingerprint density at radius 2 is 2.14 bits per heavy atom. The van der Waals surface area contributed by atoms with Gasteiger partial charge < -0.3 is 4.74 Å². The molecule has 0 aromatic heterocycles. The van der Waals surface area contributed by atoms with Gasteiger partial charge in [0.05, 0.1) is 12.9 Å². The molecule has 2 heterocycles. The molecule has 2 aliphatic heterocycles. The van der Waals surface area contributed by atoms with Crippen molar-refractivity contribution in [2.45, 2.75) is 24.6 Å².